The summed E-state index contributed by atoms with van der Waals surface area (Å²) in [6.07, 6.45) is 1.02. The van der Waals surface area contributed by atoms with Crippen molar-refractivity contribution >= 4 is 21.7 Å². The van der Waals surface area contributed by atoms with E-state index in [1.54, 1.807) is 19.1 Å². The highest BCUT2D eigenvalue weighted by Crippen LogP contribution is 2.19. The summed E-state index contributed by atoms with van der Waals surface area (Å²) in [7, 11) is -2.17. The highest BCUT2D eigenvalue weighted by molar-refractivity contribution is 7.92. The largest absolute Gasteiger partial charge is 0.465 e. The molecular formula is C10H13NO4S. The van der Waals surface area contributed by atoms with Gasteiger partial charge in [0.25, 0.3) is 0 Å². The fraction of sp³-hybridized carbons (Fsp3) is 0.300. The molecule has 0 atom stereocenters. The number of hydrogen-bond donors (Lipinski definition) is 1. The van der Waals surface area contributed by atoms with Gasteiger partial charge < -0.3 is 4.74 Å². The molecule has 0 saturated carbocycles. The lowest BCUT2D eigenvalue weighted by Crippen LogP contribution is -2.14. The number of hydrogen-bond acceptors (Lipinski definition) is 4. The molecule has 0 saturated heterocycles. The second-order valence-corrected chi connectivity index (χ2v) is 5.16. The van der Waals surface area contributed by atoms with Gasteiger partial charge in [0.05, 0.1) is 24.6 Å². The Hall–Kier alpha value is -1.56. The molecule has 0 heterocycles. The predicted molar refractivity (Wildman–Crippen MR) is 61.0 cm³/mol. The van der Waals surface area contributed by atoms with E-state index in [1.807, 2.05) is 0 Å². The van der Waals surface area contributed by atoms with E-state index in [0.717, 1.165) is 11.8 Å². The second-order valence-electron chi connectivity index (χ2n) is 3.41. The molecule has 5 nitrogen and oxygen atoms in total. The first-order valence-corrected chi connectivity index (χ1v) is 6.39. The van der Waals surface area contributed by atoms with Gasteiger partial charge in [-0.2, -0.15) is 0 Å². The minimum Gasteiger partial charge on any atom is -0.465 e. The van der Waals surface area contributed by atoms with Crippen LogP contribution in [0.25, 0.3) is 0 Å². The van der Waals surface area contributed by atoms with Crippen LogP contribution in [-0.4, -0.2) is 27.8 Å². The van der Waals surface area contributed by atoms with Crippen molar-refractivity contribution in [2.45, 2.75) is 6.92 Å². The van der Waals surface area contributed by atoms with Crippen LogP contribution in [0.15, 0.2) is 18.2 Å². The van der Waals surface area contributed by atoms with Crippen LogP contribution in [0.3, 0.4) is 0 Å². The van der Waals surface area contributed by atoms with Crippen molar-refractivity contribution < 1.29 is 17.9 Å². The number of anilines is 1. The van der Waals surface area contributed by atoms with Gasteiger partial charge in [0, 0.05) is 0 Å². The molecule has 0 aliphatic carbocycles. The number of nitrogens with one attached hydrogen (secondary N) is 1. The molecule has 0 radical (unpaired) electrons. The van der Waals surface area contributed by atoms with Crippen LogP contribution < -0.4 is 4.72 Å². The fourth-order valence-electron chi connectivity index (χ4n) is 1.23. The van der Waals surface area contributed by atoms with Crippen molar-refractivity contribution in [2.75, 3.05) is 18.1 Å². The SMILES string of the molecule is COC(=O)c1cc(C)ccc1NS(C)(=O)=O. The van der Waals surface area contributed by atoms with Crippen molar-refractivity contribution in [2.24, 2.45) is 0 Å². The molecule has 1 N–H and O–H groups in total. The lowest BCUT2D eigenvalue weighted by atomic mass is 10.1. The molecule has 0 aliphatic rings. The fourth-order valence-corrected chi connectivity index (χ4v) is 1.80. The standard InChI is InChI=1S/C10H13NO4S/c1-7-4-5-9(11-16(3,13)14)8(6-7)10(12)15-2/h4-6,11H,1-3H3. The first kappa shape index (κ1) is 12.5. The summed E-state index contributed by atoms with van der Waals surface area (Å²) >= 11 is 0. The average molecular weight is 243 g/mol. The molecule has 1 aromatic rings. The van der Waals surface area contributed by atoms with Gasteiger partial charge >= 0.3 is 5.97 Å². The van der Waals surface area contributed by atoms with Crippen LogP contribution >= 0.6 is 0 Å². The second kappa shape index (κ2) is 4.52. The maximum atomic E-state index is 11.4. The van der Waals surface area contributed by atoms with Crippen LogP contribution in [0.4, 0.5) is 5.69 Å². The van der Waals surface area contributed by atoms with Crippen LogP contribution in [0.5, 0.6) is 0 Å². The number of carbonyl (C=O) groups is 1. The summed E-state index contributed by atoms with van der Waals surface area (Å²) in [6, 6.07) is 4.81. The molecule has 0 bridgehead atoms. The van der Waals surface area contributed by atoms with E-state index in [0.29, 0.717) is 0 Å². The topological polar surface area (TPSA) is 72.5 Å². The smallest absolute Gasteiger partial charge is 0.340 e. The predicted octanol–water partition coefficient (Wildman–Crippen LogP) is 1.15. The summed E-state index contributed by atoms with van der Waals surface area (Å²) in [5, 5.41) is 0. The Kier molecular flexibility index (Phi) is 3.54. The third-order valence-electron chi connectivity index (χ3n) is 1.88. The molecule has 0 fully saturated rings. The summed E-state index contributed by atoms with van der Waals surface area (Å²) in [5.74, 6) is -0.574. The molecule has 1 aromatic carbocycles. The lowest BCUT2D eigenvalue weighted by molar-refractivity contribution is 0.0602. The quantitative estimate of drug-likeness (QED) is 0.808. The number of carbonyl (C=O) groups excluding carboxylic acids is 1. The summed E-state index contributed by atoms with van der Waals surface area (Å²) in [5.41, 5.74) is 1.27. The van der Waals surface area contributed by atoms with Gasteiger partial charge in [0.2, 0.25) is 10.0 Å². The number of benzene rings is 1. The molecule has 16 heavy (non-hydrogen) atoms. The van der Waals surface area contributed by atoms with Crippen molar-refractivity contribution in [1.29, 1.82) is 0 Å². The molecule has 88 valence electrons. The number of esters is 1. The van der Waals surface area contributed by atoms with Gasteiger partial charge in [-0.15, -0.1) is 0 Å². The van der Waals surface area contributed by atoms with Crippen LogP contribution in [0.1, 0.15) is 15.9 Å². The molecule has 0 amide bonds. The first-order chi connectivity index (χ1) is 7.33. The zero-order valence-corrected chi connectivity index (χ0v) is 10.1. The van der Waals surface area contributed by atoms with E-state index in [9.17, 15) is 13.2 Å². The molecule has 0 aromatic heterocycles. The van der Waals surface area contributed by atoms with Gasteiger partial charge in [-0.25, -0.2) is 13.2 Å². The summed E-state index contributed by atoms with van der Waals surface area (Å²) in [6.45, 7) is 1.80. The van der Waals surface area contributed by atoms with Gasteiger partial charge in [0.1, 0.15) is 0 Å². The van der Waals surface area contributed by atoms with Crippen LogP contribution in [0.2, 0.25) is 0 Å². The van der Waals surface area contributed by atoms with Crippen LogP contribution in [0, 0.1) is 6.92 Å². The maximum absolute atomic E-state index is 11.4. The summed E-state index contributed by atoms with van der Waals surface area (Å²) in [4.78, 5) is 11.4. The maximum Gasteiger partial charge on any atom is 0.340 e. The summed E-state index contributed by atoms with van der Waals surface area (Å²) < 4.78 is 29.0. The number of rotatable bonds is 3. The van der Waals surface area contributed by atoms with Gasteiger partial charge in [-0.1, -0.05) is 11.6 Å². The zero-order chi connectivity index (χ0) is 12.3. The number of methoxy groups -OCH3 is 1. The zero-order valence-electron chi connectivity index (χ0n) is 9.27. The number of ether oxygens (including phenoxy) is 1. The van der Waals surface area contributed by atoms with Crippen molar-refractivity contribution in [3.63, 3.8) is 0 Å². The molecular weight excluding hydrogens is 230 g/mol. The van der Waals surface area contributed by atoms with Crippen LogP contribution in [-0.2, 0) is 14.8 Å². The minimum atomic E-state index is -3.41. The van der Waals surface area contributed by atoms with Crippen molar-refractivity contribution in [3.8, 4) is 0 Å². The number of sulfonamides is 1. The van der Waals surface area contributed by atoms with E-state index in [2.05, 4.69) is 9.46 Å². The molecule has 6 heteroatoms. The van der Waals surface area contributed by atoms with Crippen molar-refractivity contribution in [1.82, 2.24) is 0 Å². The Morgan fingerprint density at radius 3 is 2.50 bits per heavy atom. The molecule has 0 aliphatic heterocycles. The Balaban J connectivity index is 3.23. The van der Waals surface area contributed by atoms with Gasteiger partial charge in [-0.05, 0) is 19.1 Å². The van der Waals surface area contributed by atoms with E-state index < -0.39 is 16.0 Å². The van der Waals surface area contributed by atoms with Gasteiger partial charge in [0.15, 0.2) is 0 Å². The van der Waals surface area contributed by atoms with E-state index >= 15 is 0 Å². The monoisotopic (exact) mass is 243 g/mol. The number of aryl methyl sites for hydroxylation is 1. The molecule has 1 rings (SSSR count). The van der Waals surface area contributed by atoms with E-state index in [4.69, 9.17) is 0 Å². The van der Waals surface area contributed by atoms with E-state index in [-0.39, 0.29) is 11.3 Å². The lowest BCUT2D eigenvalue weighted by Gasteiger charge is -2.09. The highest BCUT2D eigenvalue weighted by atomic mass is 32.2. The Bertz CT molecular complexity index is 508. The Labute approximate surface area is 94.5 Å². The highest BCUT2D eigenvalue weighted by Gasteiger charge is 2.14. The normalized spacial score (nSPS) is 10.9. The molecule has 0 spiro atoms. The van der Waals surface area contributed by atoms with E-state index in [1.165, 1.54) is 13.2 Å². The third-order valence-corrected chi connectivity index (χ3v) is 2.47. The van der Waals surface area contributed by atoms with Gasteiger partial charge in [-0.3, -0.25) is 4.72 Å². The Morgan fingerprint density at radius 1 is 1.38 bits per heavy atom. The van der Waals surface area contributed by atoms with Crippen molar-refractivity contribution in [3.05, 3.63) is 29.3 Å². The average Bonchev–Trinajstić information content (AvgIpc) is 2.17. The Morgan fingerprint density at radius 2 is 2.00 bits per heavy atom. The first-order valence-electron chi connectivity index (χ1n) is 4.50. The molecule has 0 unspecified atom stereocenters. The minimum absolute atomic E-state index is 0.202. The third kappa shape index (κ3) is 3.23.